The average molecular weight is 550 g/mol. The lowest BCUT2D eigenvalue weighted by molar-refractivity contribution is -0.137. The summed E-state index contributed by atoms with van der Waals surface area (Å²) in [5.41, 5.74) is 3.44. The zero-order valence-electron chi connectivity index (χ0n) is 17.9. The Morgan fingerprint density at radius 2 is 1.78 bits per heavy atom. The van der Waals surface area contributed by atoms with E-state index in [2.05, 4.69) is 15.1 Å². The summed E-state index contributed by atoms with van der Waals surface area (Å²) in [6.07, 6.45) is -6.64. The molecular weight excluding hydrogens is 535 g/mol. The SMILES string of the molecule is Cc1nc(N)sc1S(N)(=O)=O.O=C(O)c1cnn2c(C(F)F)cc(-c3ccc(C(F)(F)F)cc3)nc12. The van der Waals surface area contributed by atoms with Crippen molar-refractivity contribution in [1.29, 1.82) is 0 Å². The van der Waals surface area contributed by atoms with E-state index in [1.807, 2.05) is 0 Å². The fourth-order valence-electron chi connectivity index (χ4n) is 2.94. The van der Waals surface area contributed by atoms with Gasteiger partial charge in [0.25, 0.3) is 6.43 Å². The highest BCUT2D eigenvalue weighted by atomic mass is 32.2. The number of nitrogen functional groups attached to an aromatic ring is 1. The summed E-state index contributed by atoms with van der Waals surface area (Å²) in [5.74, 6) is -1.41. The number of hydrogen-bond donors (Lipinski definition) is 3. The number of benzene rings is 1. The van der Waals surface area contributed by atoms with Crippen LogP contribution in [0.2, 0.25) is 0 Å². The Bertz CT molecular complexity index is 1530. The zero-order valence-corrected chi connectivity index (χ0v) is 19.5. The third-order valence-corrected chi connectivity index (χ3v) is 7.03. The van der Waals surface area contributed by atoms with Crippen LogP contribution in [-0.4, -0.2) is 39.1 Å². The number of carbonyl (C=O) groups is 1. The van der Waals surface area contributed by atoms with Gasteiger partial charge in [0.05, 0.1) is 23.1 Å². The quantitative estimate of drug-likeness (QED) is 0.323. The van der Waals surface area contributed by atoms with Crippen LogP contribution in [0.15, 0.2) is 40.7 Å². The van der Waals surface area contributed by atoms with Gasteiger partial charge in [0.15, 0.2) is 15.0 Å². The Balaban J connectivity index is 0.000000275. The van der Waals surface area contributed by atoms with Gasteiger partial charge in [-0.05, 0) is 25.1 Å². The highest BCUT2D eigenvalue weighted by Gasteiger charge is 2.30. The highest BCUT2D eigenvalue weighted by Crippen LogP contribution is 2.32. The number of aromatic carboxylic acids is 1. The van der Waals surface area contributed by atoms with E-state index in [9.17, 15) is 35.2 Å². The zero-order chi connectivity index (χ0) is 27.0. The lowest BCUT2D eigenvalue weighted by Crippen LogP contribution is -2.11. The number of aryl methyl sites for hydroxylation is 1. The van der Waals surface area contributed by atoms with Gasteiger partial charge in [-0.25, -0.2) is 41.6 Å². The molecule has 1 aromatic carbocycles. The van der Waals surface area contributed by atoms with Crippen LogP contribution in [0.3, 0.4) is 0 Å². The van der Waals surface area contributed by atoms with Crippen LogP contribution in [0.25, 0.3) is 16.9 Å². The van der Waals surface area contributed by atoms with E-state index < -0.39 is 45.4 Å². The number of fused-ring (bicyclic) bond motifs is 1. The molecule has 0 aliphatic rings. The second-order valence-electron chi connectivity index (χ2n) is 7.01. The number of sulfonamides is 1. The molecule has 3 aromatic heterocycles. The lowest BCUT2D eigenvalue weighted by Gasteiger charge is -2.10. The largest absolute Gasteiger partial charge is 0.477 e. The minimum atomic E-state index is -4.54. The summed E-state index contributed by atoms with van der Waals surface area (Å²) in [6.45, 7) is 1.55. The van der Waals surface area contributed by atoms with Crippen LogP contribution in [0.4, 0.5) is 27.1 Å². The van der Waals surface area contributed by atoms with Crippen molar-refractivity contribution in [3.8, 4) is 11.3 Å². The number of nitrogens with two attached hydrogens (primary N) is 2. The first-order chi connectivity index (χ1) is 16.6. The fourth-order valence-corrected chi connectivity index (χ4v) is 4.68. The monoisotopic (exact) mass is 550 g/mol. The molecule has 4 rings (SSSR count). The number of thiazole rings is 1. The predicted molar refractivity (Wildman–Crippen MR) is 118 cm³/mol. The minimum absolute atomic E-state index is 0.0370. The van der Waals surface area contributed by atoms with Gasteiger partial charge in [-0.2, -0.15) is 18.3 Å². The van der Waals surface area contributed by atoms with Gasteiger partial charge in [0, 0.05) is 5.56 Å². The Hall–Kier alpha value is -3.70. The molecule has 0 saturated heterocycles. The minimum Gasteiger partial charge on any atom is -0.477 e. The van der Waals surface area contributed by atoms with Crippen molar-refractivity contribution in [2.45, 2.75) is 23.7 Å². The number of nitrogens with zero attached hydrogens (tertiary/aromatic N) is 4. The van der Waals surface area contributed by atoms with Gasteiger partial charge < -0.3 is 10.8 Å². The molecule has 0 aliphatic heterocycles. The molecule has 0 amide bonds. The number of rotatable bonds is 4. The summed E-state index contributed by atoms with van der Waals surface area (Å²) in [6, 6.07) is 4.69. The molecule has 5 N–H and O–H groups in total. The maximum Gasteiger partial charge on any atom is 0.416 e. The maximum atomic E-state index is 13.2. The summed E-state index contributed by atoms with van der Waals surface area (Å²) < 4.78 is 86.6. The molecule has 0 unspecified atom stereocenters. The van der Waals surface area contributed by atoms with E-state index in [4.69, 9.17) is 16.0 Å². The molecule has 3 heterocycles. The first-order valence-corrected chi connectivity index (χ1v) is 11.8. The molecule has 17 heteroatoms. The molecule has 0 spiro atoms. The molecule has 0 fully saturated rings. The van der Waals surface area contributed by atoms with Gasteiger partial charge in [-0.3, -0.25) is 0 Å². The number of carboxylic acid groups (broad SMARTS) is 1. The summed E-state index contributed by atoms with van der Waals surface area (Å²) >= 11 is 0.875. The van der Waals surface area contributed by atoms with Crippen molar-refractivity contribution >= 4 is 38.1 Å². The van der Waals surface area contributed by atoms with Crippen LogP contribution >= 0.6 is 11.3 Å². The summed E-state index contributed by atoms with van der Waals surface area (Å²) in [4.78, 5) is 18.8. The van der Waals surface area contributed by atoms with Crippen LogP contribution in [0, 0.1) is 6.92 Å². The van der Waals surface area contributed by atoms with Crippen molar-refractivity contribution in [2.75, 3.05) is 5.73 Å². The Morgan fingerprint density at radius 3 is 2.19 bits per heavy atom. The molecule has 0 saturated carbocycles. The van der Waals surface area contributed by atoms with Crippen LogP contribution in [0.1, 0.15) is 33.7 Å². The summed E-state index contributed by atoms with van der Waals surface area (Å²) in [7, 11) is -3.64. The van der Waals surface area contributed by atoms with Crippen molar-refractivity contribution in [3.05, 3.63) is 59.0 Å². The van der Waals surface area contributed by atoms with Crippen molar-refractivity contribution in [1.82, 2.24) is 19.6 Å². The van der Waals surface area contributed by atoms with Crippen LogP contribution < -0.4 is 10.9 Å². The van der Waals surface area contributed by atoms with Crippen LogP contribution in [0.5, 0.6) is 0 Å². The number of carboxylic acids is 1. The molecule has 36 heavy (non-hydrogen) atoms. The molecule has 0 radical (unpaired) electrons. The van der Waals surface area contributed by atoms with Gasteiger partial charge in [-0.15, -0.1) is 0 Å². The Morgan fingerprint density at radius 1 is 1.17 bits per heavy atom. The second kappa shape index (κ2) is 9.75. The van der Waals surface area contributed by atoms with Crippen molar-refractivity contribution in [3.63, 3.8) is 0 Å². The van der Waals surface area contributed by atoms with Gasteiger partial charge in [0.2, 0.25) is 10.0 Å². The van der Waals surface area contributed by atoms with Crippen molar-refractivity contribution in [2.24, 2.45) is 5.14 Å². The molecule has 10 nitrogen and oxygen atoms in total. The van der Waals surface area contributed by atoms with E-state index in [1.165, 1.54) is 0 Å². The number of anilines is 1. The first kappa shape index (κ1) is 26.9. The van der Waals surface area contributed by atoms with Gasteiger partial charge >= 0.3 is 12.1 Å². The Kier molecular flexibility index (Phi) is 7.28. The molecule has 0 aliphatic carbocycles. The lowest BCUT2D eigenvalue weighted by atomic mass is 10.1. The smallest absolute Gasteiger partial charge is 0.416 e. The molecule has 0 bridgehead atoms. The number of halogens is 5. The molecule has 0 atom stereocenters. The number of hydrogen-bond acceptors (Lipinski definition) is 8. The molecule has 4 aromatic rings. The van der Waals surface area contributed by atoms with E-state index in [-0.39, 0.29) is 26.2 Å². The normalized spacial score (nSPS) is 12.0. The Labute approximate surface area is 203 Å². The van der Waals surface area contributed by atoms with Crippen molar-refractivity contribution < 1.29 is 40.3 Å². The number of aromatic nitrogens is 4. The topological polar surface area (TPSA) is 167 Å². The van der Waals surface area contributed by atoms with E-state index >= 15 is 0 Å². The number of primary sulfonamides is 1. The van der Waals surface area contributed by atoms with E-state index in [0.29, 0.717) is 10.2 Å². The van der Waals surface area contributed by atoms with Crippen LogP contribution in [-0.2, 0) is 16.2 Å². The maximum absolute atomic E-state index is 13.2. The molecule has 192 valence electrons. The standard InChI is InChI=1S/C15H8F5N3O2.C4H7N3O2S2/c16-12(17)11-5-10(7-1-3-8(4-2-7)15(18,19)20)22-13-9(14(24)25)6-21-23(11)13;1-2-3(11(6,8)9)10-4(5)7-2/h1-6,12H,(H,24,25);1H3,(H2,5,7)(H2,6,8,9). The van der Waals surface area contributed by atoms with Gasteiger partial charge in [0.1, 0.15) is 11.3 Å². The third kappa shape index (κ3) is 5.74. The molecular formula is C19H15F5N6O4S2. The first-order valence-electron chi connectivity index (χ1n) is 9.43. The third-order valence-electron chi connectivity index (χ3n) is 4.49. The average Bonchev–Trinajstić information content (AvgIpc) is 3.35. The number of alkyl halides is 5. The second-order valence-corrected chi connectivity index (χ2v) is 9.80. The summed E-state index contributed by atoms with van der Waals surface area (Å²) in [5, 5.41) is 17.7. The fraction of sp³-hybridized carbons (Fsp3) is 0.158. The van der Waals surface area contributed by atoms with E-state index in [0.717, 1.165) is 47.9 Å². The highest BCUT2D eigenvalue weighted by molar-refractivity contribution is 7.91. The van der Waals surface area contributed by atoms with E-state index in [1.54, 1.807) is 6.92 Å². The predicted octanol–water partition coefficient (Wildman–Crippen LogP) is 3.73. The van der Waals surface area contributed by atoms with Gasteiger partial charge in [-0.1, -0.05) is 23.5 Å².